The summed E-state index contributed by atoms with van der Waals surface area (Å²) in [7, 11) is 0. The molecule has 1 fully saturated rings. The van der Waals surface area contributed by atoms with Crippen molar-refractivity contribution in [2.24, 2.45) is 11.7 Å². The Morgan fingerprint density at radius 1 is 1.47 bits per heavy atom. The number of nitrogens with one attached hydrogen (secondary N) is 1. The molecule has 108 valence electrons. The van der Waals surface area contributed by atoms with E-state index in [9.17, 15) is 13.6 Å². The molecule has 0 aromatic carbocycles. The third-order valence-corrected chi connectivity index (χ3v) is 3.89. The summed E-state index contributed by atoms with van der Waals surface area (Å²) in [6.07, 6.45) is 0.564. The van der Waals surface area contributed by atoms with Crippen LogP contribution in [0.2, 0.25) is 0 Å². The van der Waals surface area contributed by atoms with Gasteiger partial charge < -0.3 is 11.1 Å². The van der Waals surface area contributed by atoms with E-state index in [4.69, 9.17) is 5.73 Å². The Balaban J connectivity index is 0.00000180. The smallest absolute Gasteiger partial charge is 0.291 e. The van der Waals surface area contributed by atoms with Gasteiger partial charge in [-0.3, -0.25) is 4.79 Å². The number of hydrogen-bond acceptors (Lipinski definition) is 5. The van der Waals surface area contributed by atoms with Crippen molar-refractivity contribution in [3.8, 4) is 0 Å². The number of rotatable bonds is 4. The molecule has 19 heavy (non-hydrogen) atoms. The van der Waals surface area contributed by atoms with Gasteiger partial charge in [-0.25, -0.2) is 8.78 Å². The average molecular weight is 313 g/mol. The van der Waals surface area contributed by atoms with Crippen molar-refractivity contribution in [3.05, 3.63) is 5.01 Å². The van der Waals surface area contributed by atoms with E-state index in [1.165, 1.54) is 0 Å². The Labute approximate surface area is 119 Å². The highest BCUT2D eigenvalue weighted by molar-refractivity contribution is 7.15. The number of alkyl halides is 2. The van der Waals surface area contributed by atoms with Gasteiger partial charge in [0, 0.05) is 12.5 Å². The van der Waals surface area contributed by atoms with Crippen LogP contribution in [0.1, 0.15) is 37.1 Å². The van der Waals surface area contributed by atoms with Crippen molar-refractivity contribution in [1.82, 2.24) is 10.2 Å². The topological polar surface area (TPSA) is 80.9 Å². The Morgan fingerprint density at radius 3 is 2.74 bits per heavy atom. The van der Waals surface area contributed by atoms with E-state index in [1.807, 2.05) is 0 Å². The molecule has 0 radical (unpaired) electrons. The molecule has 0 aliphatic heterocycles. The van der Waals surface area contributed by atoms with Crippen molar-refractivity contribution in [3.63, 3.8) is 0 Å². The molecule has 1 aromatic rings. The molecule has 0 spiro atoms. The highest BCUT2D eigenvalue weighted by Gasteiger charge is 2.26. The first-order chi connectivity index (χ1) is 8.56. The SMILES string of the molecule is Cl.N[C@@H]1CCC[C@H]1CC(=O)Nc1nnc(C(F)F)s1. The molecule has 1 amide bonds. The van der Waals surface area contributed by atoms with Crippen LogP contribution in [-0.4, -0.2) is 22.1 Å². The largest absolute Gasteiger partial charge is 0.327 e. The molecule has 1 aromatic heterocycles. The van der Waals surface area contributed by atoms with E-state index in [1.54, 1.807) is 0 Å². The number of nitrogens with two attached hydrogens (primary N) is 1. The van der Waals surface area contributed by atoms with E-state index in [0.29, 0.717) is 17.8 Å². The lowest BCUT2D eigenvalue weighted by molar-refractivity contribution is -0.117. The number of carbonyl (C=O) groups is 1. The molecule has 1 saturated carbocycles. The minimum atomic E-state index is -2.66. The van der Waals surface area contributed by atoms with E-state index in [2.05, 4.69) is 15.5 Å². The Hall–Kier alpha value is -0.860. The molecule has 5 nitrogen and oxygen atoms in total. The lowest BCUT2D eigenvalue weighted by Gasteiger charge is -2.13. The highest BCUT2D eigenvalue weighted by atomic mass is 35.5. The molecular weight excluding hydrogens is 298 g/mol. The second kappa shape index (κ2) is 7.06. The zero-order valence-electron chi connectivity index (χ0n) is 10.0. The third-order valence-electron chi connectivity index (χ3n) is 3.04. The molecule has 0 unspecified atom stereocenters. The highest BCUT2D eigenvalue weighted by Crippen LogP contribution is 2.28. The van der Waals surface area contributed by atoms with Crippen LogP contribution >= 0.6 is 23.7 Å². The number of halogens is 3. The van der Waals surface area contributed by atoms with Crippen molar-refractivity contribution in [1.29, 1.82) is 0 Å². The van der Waals surface area contributed by atoms with Crippen LogP contribution in [0.15, 0.2) is 0 Å². The van der Waals surface area contributed by atoms with E-state index >= 15 is 0 Å². The normalized spacial score (nSPS) is 22.3. The predicted octanol–water partition coefficient (Wildman–Crippen LogP) is 2.35. The van der Waals surface area contributed by atoms with Crippen LogP contribution in [0.4, 0.5) is 13.9 Å². The van der Waals surface area contributed by atoms with Crippen molar-refractivity contribution in [2.75, 3.05) is 5.32 Å². The van der Waals surface area contributed by atoms with Crippen LogP contribution < -0.4 is 11.1 Å². The maximum atomic E-state index is 12.3. The zero-order chi connectivity index (χ0) is 13.1. The first-order valence-corrected chi connectivity index (χ1v) is 6.55. The van der Waals surface area contributed by atoms with Crippen LogP contribution in [0.5, 0.6) is 0 Å². The first-order valence-electron chi connectivity index (χ1n) is 5.73. The molecule has 1 heterocycles. The zero-order valence-corrected chi connectivity index (χ0v) is 11.6. The number of aromatic nitrogens is 2. The molecule has 2 rings (SSSR count). The minimum absolute atomic E-state index is 0. The van der Waals surface area contributed by atoms with E-state index < -0.39 is 6.43 Å². The minimum Gasteiger partial charge on any atom is -0.327 e. The van der Waals surface area contributed by atoms with Gasteiger partial charge >= 0.3 is 0 Å². The van der Waals surface area contributed by atoms with Crippen molar-refractivity contribution >= 4 is 34.8 Å². The Bertz CT molecular complexity index is 431. The van der Waals surface area contributed by atoms with Crippen LogP contribution in [0.3, 0.4) is 0 Å². The van der Waals surface area contributed by atoms with E-state index in [-0.39, 0.29) is 40.4 Å². The molecule has 1 aliphatic carbocycles. The Morgan fingerprint density at radius 2 is 2.21 bits per heavy atom. The summed E-state index contributed by atoms with van der Waals surface area (Å²) >= 11 is 0.693. The molecule has 0 bridgehead atoms. The molecular formula is C10H15ClF2N4OS. The van der Waals surface area contributed by atoms with Crippen molar-refractivity contribution in [2.45, 2.75) is 38.2 Å². The van der Waals surface area contributed by atoms with Gasteiger partial charge in [0.1, 0.15) is 0 Å². The summed E-state index contributed by atoms with van der Waals surface area (Å²) in [5.74, 6) is -0.0678. The van der Waals surface area contributed by atoms with E-state index in [0.717, 1.165) is 19.3 Å². The van der Waals surface area contributed by atoms with Gasteiger partial charge in [0.25, 0.3) is 6.43 Å². The summed E-state index contributed by atoms with van der Waals surface area (Å²) in [5, 5.41) is 9.00. The van der Waals surface area contributed by atoms with Gasteiger partial charge in [-0.2, -0.15) is 0 Å². The van der Waals surface area contributed by atoms with Gasteiger partial charge in [0.05, 0.1) is 0 Å². The molecule has 0 saturated heterocycles. The summed E-state index contributed by atoms with van der Waals surface area (Å²) in [6, 6.07) is 0.0572. The van der Waals surface area contributed by atoms with Crippen LogP contribution in [0, 0.1) is 5.92 Å². The molecule has 1 aliphatic rings. The average Bonchev–Trinajstić information content (AvgIpc) is 2.89. The number of amides is 1. The quantitative estimate of drug-likeness (QED) is 0.894. The third kappa shape index (κ3) is 4.32. The van der Waals surface area contributed by atoms with Crippen LogP contribution in [0.25, 0.3) is 0 Å². The fraction of sp³-hybridized carbons (Fsp3) is 0.700. The number of hydrogen-bond donors (Lipinski definition) is 2. The Kier molecular flexibility index (Phi) is 6.02. The van der Waals surface area contributed by atoms with Crippen LogP contribution in [-0.2, 0) is 4.79 Å². The van der Waals surface area contributed by atoms with Gasteiger partial charge in [0.2, 0.25) is 11.0 Å². The lowest BCUT2D eigenvalue weighted by Crippen LogP contribution is -2.28. The lowest BCUT2D eigenvalue weighted by atomic mass is 10.00. The standard InChI is InChI=1S/C10H14F2N4OS.ClH/c11-8(12)9-15-16-10(18-9)14-7(17)4-5-2-1-3-6(5)13;/h5-6,8H,1-4,13H2,(H,14,16,17);1H/t5-,6+;/m0./s1. The molecule has 3 N–H and O–H groups in total. The maximum Gasteiger partial charge on any atom is 0.291 e. The number of nitrogens with zero attached hydrogens (tertiary/aromatic N) is 2. The van der Waals surface area contributed by atoms with Crippen molar-refractivity contribution < 1.29 is 13.6 Å². The van der Waals surface area contributed by atoms with Gasteiger partial charge in [-0.15, -0.1) is 22.6 Å². The summed E-state index contributed by atoms with van der Waals surface area (Å²) in [5.41, 5.74) is 5.86. The van der Waals surface area contributed by atoms with Gasteiger partial charge in [-0.1, -0.05) is 17.8 Å². The molecule has 2 atom stereocenters. The monoisotopic (exact) mass is 312 g/mol. The second-order valence-electron chi connectivity index (χ2n) is 4.35. The number of carbonyl (C=O) groups excluding carboxylic acids is 1. The molecule has 9 heteroatoms. The second-order valence-corrected chi connectivity index (χ2v) is 5.36. The van der Waals surface area contributed by atoms with Gasteiger partial charge in [0.15, 0.2) is 5.01 Å². The van der Waals surface area contributed by atoms with Gasteiger partial charge in [-0.05, 0) is 18.8 Å². The predicted molar refractivity (Wildman–Crippen MR) is 70.7 cm³/mol. The summed E-state index contributed by atoms with van der Waals surface area (Å²) in [4.78, 5) is 11.7. The summed E-state index contributed by atoms with van der Waals surface area (Å²) in [6.45, 7) is 0. The fourth-order valence-corrected chi connectivity index (χ4v) is 2.72. The maximum absolute atomic E-state index is 12.3. The summed E-state index contributed by atoms with van der Waals surface area (Å²) < 4.78 is 24.6. The fourth-order valence-electron chi connectivity index (χ4n) is 2.10. The number of anilines is 1. The first kappa shape index (κ1) is 16.2.